The molecule has 1 aliphatic carbocycles. The van der Waals surface area contributed by atoms with Gasteiger partial charge in [-0.1, -0.05) is 75.6 Å². The Morgan fingerprint density at radius 1 is 0.939 bits per heavy atom. The molecule has 2 aromatic carbocycles. The van der Waals surface area contributed by atoms with Crippen molar-refractivity contribution < 1.29 is 14.3 Å². The lowest BCUT2D eigenvalue weighted by Crippen LogP contribution is -2.44. The van der Waals surface area contributed by atoms with Gasteiger partial charge in [-0.3, -0.25) is 9.59 Å². The fourth-order valence-corrected chi connectivity index (χ4v) is 4.39. The molecule has 1 fully saturated rings. The third kappa shape index (κ3) is 7.34. The van der Waals surface area contributed by atoms with E-state index >= 15 is 0 Å². The van der Waals surface area contributed by atoms with Gasteiger partial charge in [0.15, 0.2) is 0 Å². The molecule has 0 aliphatic heterocycles. The highest BCUT2D eigenvalue weighted by Gasteiger charge is 2.28. The molecule has 0 bridgehead atoms. The summed E-state index contributed by atoms with van der Waals surface area (Å²) in [6, 6.07) is 16.6. The summed E-state index contributed by atoms with van der Waals surface area (Å²) < 4.78 is 5.91. The zero-order valence-corrected chi connectivity index (χ0v) is 20.2. The minimum absolute atomic E-state index is 0.152. The van der Waals surface area contributed by atoms with Gasteiger partial charge in [0.05, 0.1) is 12.5 Å². The van der Waals surface area contributed by atoms with E-state index in [4.69, 9.17) is 4.74 Å². The maximum Gasteiger partial charge on any atom is 0.247 e. The number of hydrogen-bond donors (Lipinski definition) is 2. The molecule has 178 valence electrons. The van der Waals surface area contributed by atoms with Crippen LogP contribution in [0.2, 0.25) is 0 Å². The molecule has 3 rings (SSSR count). The molecule has 33 heavy (non-hydrogen) atoms. The van der Waals surface area contributed by atoms with Gasteiger partial charge in [-0.05, 0) is 55.4 Å². The number of carbonyl (C=O) groups is 2. The quantitative estimate of drug-likeness (QED) is 0.474. The van der Waals surface area contributed by atoms with Crippen LogP contribution >= 0.6 is 0 Å². The van der Waals surface area contributed by atoms with Crippen molar-refractivity contribution in [3.63, 3.8) is 0 Å². The second-order valence-corrected chi connectivity index (χ2v) is 9.34. The summed E-state index contributed by atoms with van der Waals surface area (Å²) in [5.41, 5.74) is 1.68. The van der Waals surface area contributed by atoms with Gasteiger partial charge >= 0.3 is 0 Å². The average Bonchev–Trinajstić information content (AvgIpc) is 3.34. The Kier molecular flexibility index (Phi) is 9.35. The molecule has 1 unspecified atom stereocenters. The van der Waals surface area contributed by atoms with Crippen LogP contribution in [0, 0.1) is 5.92 Å². The van der Waals surface area contributed by atoms with Crippen molar-refractivity contribution in [3.05, 3.63) is 65.7 Å². The number of ether oxygens (including phenoxy) is 1. The van der Waals surface area contributed by atoms with Gasteiger partial charge in [0.2, 0.25) is 11.8 Å². The van der Waals surface area contributed by atoms with Crippen molar-refractivity contribution in [2.75, 3.05) is 6.61 Å². The average molecular weight is 451 g/mol. The first-order chi connectivity index (χ1) is 16.0. The van der Waals surface area contributed by atoms with Crippen LogP contribution in [0.3, 0.4) is 0 Å². The summed E-state index contributed by atoms with van der Waals surface area (Å²) in [6.45, 7) is 6.90. The lowest BCUT2D eigenvalue weighted by molar-refractivity contribution is -0.130. The van der Waals surface area contributed by atoms with Gasteiger partial charge in [0.1, 0.15) is 11.8 Å². The lowest BCUT2D eigenvalue weighted by Gasteiger charge is -2.23. The minimum Gasteiger partial charge on any atom is -0.493 e. The maximum atomic E-state index is 13.2. The Morgan fingerprint density at radius 3 is 2.24 bits per heavy atom. The molecule has 5 heteroatoms. The molecular weight excluding hydrogens is 412 g/mol. The molecule has 0 spiro atoms. The fourth-order valence-electron chi connectivity index (χ4n) is 4.39. The van der Waals surface area contributed by atoms with E-state index < -0.39 is 6.04 Å². The minimum atomic E-state index is -0.739. The van der Waals surface area contributed by atoms with Crippen molar-refractivity contribution in [2.45, 2.75) is 77.3 Å². The van der Waals surface area contributed by atoms with Gasteiger partial charge in [-0.25, -0.2) is 0 Å². The van der Waals surface area contributed by atoms with Gasteiger partial charge in [0, 0.05) is 6.04 Å². The van der Waals surface area contributed by atoms with E-state index in [0.717, 1.165) is 55.4 Å². The Hall–Kier alpha value is -2.82. The van der Waals surface area contributed by atoms with E-state index in [1.54, 1.807) is 0 Å². The van der Waals surface area contributed by atoms with E-state index in [-0.39, 0.29) is 23.8 Å². The molecule has 2 N–H and O–H groups in total. The zero-order chi connectivity index (χ0) is 23.6. The summed E-state index contributed by atoms with van der Waals surface area (Å²) in [7, 11) is 0. The van der Waals surface area contributed by atoms with E-state index in [1.165, 1.54) is 0 Å². The molecule has 1 aliphatic rings. The molecule has 0 radical (unpaired) electrons. The third-order valence-electron chi connectivity index (χ3n) is 6.47. The summed E-state index contributed by atoms with van der Waals surface area (Å²) in [6.07, 6.45) is 6.53. The van der Waals surface area contributed by atoms with Gasteiger partial charge < -0.3 is 15.4 Å². The van der Waals surface area contributed by atoms with Crippen molar-refractivity contribution in [3.8, 4) is 5.75 Å². The number of benzene rings is 2. The Bertz CT molecular complexity index is 876. The smallest absolute Gasteiger partial charge is 0.247 e. The number of carbonyl (C=O) groups excluding carboxylic acids is 2. The van der Waals surface area contributed by atoms with Crippen LogP contribution in [0.25, 0.3) is 0 Å². The highest BCUT2D eigenvalue weighted by Crippen LogP contribution is 2.24. The van der Waals surface area contributed by atoms with Gasteiger partial charge in [-0.2, -0.15) is 0 Å². The van der Waals surface area contributed by atoms with Crippen LogP contribution in [0.1, 0.15) is 82.4 Å². The maximum absolute atomic E-state index is 13.2. The second-order valence-electron chi connectivity index (χ2n) is 9.34. The second kappa shape index (κ2) is 12.4. The molecule has 5 nitrogen and oxygen atoms in total. The third-order valence-corrected chi connectivity index (χ3v) is 6.47. The van der Waals surface area contributed by atoms with Crippen molar-refractivity contribution in [1.29, 1.82) is 0 Å². The van der Waals surface area contributed by atoms with Crippen molar-refractivity contribution in [1.82, 2.24) is 10.6 Å². The van der Waals surface area contributed by atoms with Crippen LogP contribution in [-0.2, 0) is 9.59 Å². The van der Waals surface area contributed by atoms with Gasteiger partial charge in [0.25, 0.3) is 0 Å². The summed E-state index contributed by atoms with van der Waals surface area (Å²) in [5, 5.41) is 6.15. The molecule has 1 saturated carbocycles. The highest BCUT2D eigenvalue weighted by molar-refractivity contribution is 5.91. The SMILES string of the molecule is CCCC(C)COc1ccc([C@@H](NC(=O)[C@@H](C)c2ccccc2)C(=O)NC2CCCC2)cc1. The number of nitrogens with one attached hydrogen (secondary N) is 2. The monoisotopic (exact) mass is 450 g/mol. The first-order valence-electron chi connectivity index (χ1n) is 12.4. The normalized spacial score (nSPS) is 16.6. The zero-order valence-electron chi connectivity index (χ0n) is 20.2. The first-order valence-corrected chi connectivity index (χ1v) is 12.4. The Morgan fingerprint density at radius 2 is 1.61 bits per heavy atom. The largest absolute Gasteiger partial charge is 0.493 e. The van der Waals surface area contributed by atoms with E-state index in [0.29, 0.717) is 12.5 Å². The summed E-state index contributed by atoms with van der Waals surface area (Å²) in [5.74, 6) is 0.608. The van der Waals surface area contributed by atoms with Crippen molar-refractivity contribution in [2.24, 2.45) is 5.92 Å². The number of hydrogen-bond acceptors (Lipinski definition) is 3. The first kappa shape index (κ1) is 24.8. The molecule has 0 aromatic heterocycles. The van der Waals surface area contributed by atoms with Crippen molar-refractivity contribution >= 4 is 11.8 Å². The number of amides is 2. The molecule has 2 aromatic rings. The molecule has 3 atom stereocenters. The molecule has 0 heterocycles. The van der Waals surface area contributed by atoms with E-state index in [9.17, 15) is 9.59 Å². The fraction of sp³-hybridized carbons (Fsp3) is 0.500. The highest BCUT2D eigenvalue weighted by atomic mass is 16.5. The molecule has 0 saturated heterocycles. The van der Waals surface area contributed by atoms with Crippen LogP contribution < -0.4 is 15.4 Å². The Balaban J connectivity index is 1.72. The summed E-state index contributed by atoms with van der Waals surface area (Å²) in [4.78, 5) is 26.3. The molecular formula is C28H38N2O3. The van der Waals surface area contributed by atoms with E-state index in [1.807, 2.05) is 61.5 Å². The van der Waals surface area contributed by atoms with Crippen LogP contribution in [-0.4, -0.2) is 24.5 Å². The lowest BCUT2D eigenvalue weighted by atomic mass is 9.98. The standard InChI is InChI=1S/C28H38N2O3/c1-4-10-20(2)19-33-25-17-15-23(16-18-25)26(28(32)29-24-13-8-9-14-24)30-27(31)21(3)22-11-6-5-7-12-22/h5-7,11-12,15-18,20-21,24,26H,4,8-10,13-14,19H2,1-3H3,(H,29,32)(H,30,31)/t20?,21-,26+/m0/s1. The van der Waals surface area contributed by atoms with E-state index in [2.05, 4.69) is 24.5 Å². The summed E-state index contributed by atoms with van der Waals surface area (Å²) >= 11 is 0. The number of rotatable bonds is 11. The van der Waals surface area contributed by atoms with Crippen LogP contribution in [0.15, 0.2) is 54.6 Å². The predicted octanol–water partition coefficient (Wildman–Crippen LogP) is 5.52. The predicted molar refractivity (Wildman–Crippen MR) is 132 cm³/mol. The van der Waals surface area contributed by atoms with Crippen LogP contribution in [0.4, 0.5) is 0 Å². The Labute approximate surface area is 198 Å². The van der Waals surface area contributed by atoms with Crippen LogP contribution in [0.5, 0.6) is 5.75 Å². The topological polar surface area (TPSA) is 67.4 Å². The molecule has 2 amide bonds. The van der Waals surface area contributed by atoms with Gasteiger partial charge in [-0.15, -0.1) is 0 Å².